The lowest BCUT2D eigenvalue weighted by Gasteiger charge is -2.27. The molecule has 0 saturated heterocycles. The number of carbonyl (C=O) groups excluding carboxylic acids is 2. The van der Waals surface area contributed by atoms with Gasteiger partial charge in [0, 0.05) is 17.6 Å². The van der Waals surface area contributed by atoms with Crippen molar-refractivity contribution < 1.29 is 33.6 Å². The van der Waals surface area contributed by atoms with Crippen LogP contribution in [-0.4, -0.2) is 49.6 Å². The molecule has 0 bridgehead atoms. The molecule has 2 aromatic rings. The normalized spacial score (nSPS) is 11.7. The second-order valence-corrected chi connectivity index (χ2v) is 7.70. The minimum Gasteiger partial charge on any atom is -0.491 e. The van der Waals surface area contributed by atoms with Crippen LogP contribution in [-0.2, 0) is 24.5 Å². The lowest BCUT2D eigenvalue weighted by molar-refractivity contribution is -0.141. The molecule has 0 amide bonds. The van der Waals surface area contributed by atoms with E-state index in [9.17, 15) is 14.7 Å². The number of hydrogen-bond acceptors (Lipinski definition) is 7. The van der Waals surface area contributed by atoms with Crippen LogP contribution in [0.2, 0.25) is 0 Å². The van der Waals surface area contributed by atoms with Gasteiger partial charge in [0.1, 0.15) is 44.0 Å². The Hall–Kier alpha value is -3.58. The van der Waals surface area contributed by atoms with Gasteiger partial charge in [0.2, 0.25) is 0 Å². The van der Waals surface area contributed by atoms with Gasteiger partial charge in [0.15, 0.2) is 0 Å². The molecule has 0 aliphatic carbocycles. The molecule has 7 nitrogen and oxygen atoms in total. The van der Waals surface area contributed by atoms with E-state index < -0.39 is 18.0 Å². The van der Waals surface area contributed by atoms with Crippen LogP contribution in [0.4, 0.5) is 0 Å². The van der Waals surface area contributed by atoms with E-state index in [-0.39, 0.29) is 31.8 Å². The smallest absolute Gasteiger partial charge is 0.330 e. The molecular formula is C26H30O7. The SMILES string of the molecule is C=CC(=O)OCCOc1cccc(C(C)(C)c2ccc(OCC(O)COC(=O)C=C)cc2)c1. The largest absolute Gasteiger partial charge is 0.491 e. The molecule has 2 aromatic carbocycles. The fraction of sp³-hybridized carbons (Fsp3) is 0.308. The molecule has 0 saturated carbocycles. The van der Waals surface area contributed by atoms with Crippen molar-refractivity contribution in [1.29, 1.82) is 0 Å². The Morgan fingerprint density at radius 3 is 2.21 bits per heavy atom. The summed E-state index contributed by atoms with van der Waals surface area (Å²) < 4.78 is 21.0. The van der Waals surface area contributed by atoms with E-state index in [1.165, 1.54) is 0 Å². The summed E-state index contributed by atoms with van der Waals surface area (Å²) in [5.41, 5.74) is 1.80. The first-order chi connectivity index (χ1) is 15.8. The highest BCUT2D eigenvalue weighted by atomic mass is 16.6. The van der Waals surface area contributed by atoms with E-state index in [1.807, 2.05) is 48.5 Å². The van der Waals surface area contributed by atoms with Crippen molar-refractivity contribution in [2.45, 2.75) is 25.4 Å². The van der Waals surface area contributed by atoms with Crippen LogP contribution in [0, 0.1) is 0 Å². The van der Waals surface area contributed by atoms with Crippen LogP contribution in [0.1, 0.15) is 25.0 Å². The average molecular weight is 455 g/mol. The summed E-state index contributed by atoms with van der Waals surface area (Å²) in [6.45, 7) is 11.1. The number of aliphatic hydroxyl groups excluding tert-OH is 1. The molecule has 0 radical (unpaired) electrons. The summed E-state index contributed by atoms with van der Waals surface area (Å²) in [6.07, 6.45) is 1.22. The van der Waals surface area contributed by atoms with Gasteiger partial charge >= 0.3 is 11.9 Å². The van der Waals surface area contributed by atoms with Crippen molar-refractivity contribution in [2.75, 3.05) is 26.4 Å². The van der Waals surface area contributed by atoms with Crippen molar-refractivity contribution in [3.05, 3.63) is 85.0 Å². The fourth-order valence-corrected chi connectivity index (χ4v) is 2.95. The molecular weight excluding hydrogens is 424 g/mol. The van der Waals surface area contributed by atoms with Crippen molar-refractivity contribution in [3.63, 3.8) is 0 Å². The molecule has 1 unspecified atom stereocenters. The van der Waals surface area contributed by atoms with Crippen LogP contribution in [0.25, 0.3) is 0 Å². The minimum absolute atomic E-state index is 0.00530. The lowest BCUT2D eigenvalue weighted by Crippen LogP contribution is -2.24. The number of esters is 2. The highest BCUT2D eigenvalue weighted by Gasteiger charge is 2.23. The van der Waals surface area contributed by atoms with Gasteiger partial charge in [-0.2, -0.15) is 0 Å². The average Bonchev–Trinajstić information content (AvgIpc) is 2.84. The van der Waals surface area contributed by atoms with E-state index >= 15 is 0 Å². The maximum absolute atomic E-state index is 11.1. The first-order valence-electron chi connectivity index (χ1n) is 10.5. The van der Waals surface area contributed by atoms with Crippen LogP contribution in [0.15, 0.2) is 73.8 Å². The molecule has 176 valence electrons. The van der Waals surface area contributed by atoms with E-state index in [1.54, 1.807) is 0 Å². The molecule has 2 rings (SSSR count). The highest BCUT2D eigenvalue weighted by molar-refractivity contribution is 5.81. The first-order valence-corrected chi connectivity index (χ1v) is 10.5. The van der Waals surface area contributed by atoms with Crippen molar-refractivity contribution in [2.24, 2.45) is 0 Å². The summed E-state index contributed by atoms with van der Waals surface area (Å²) in [7, 11) is 0. The number of carbonyl (C=O) groups is 2. The topological polar surface area (TPSA) is 91.3 Å². The van der Waals surface area contributed by atoms with E-state index in [0.29, 0.717) is 11.5 Å². The van der Waals surface area contributed by atoms with Crippen LogP contribution < -0.4 is 9.47 Å². The van der Waals surface area contributed by atoms with Crippen LogP contribution >= 0.6 is 0 Å². The zero-order valence-corrected chi connectivity index (χ0v) is 19.0. The standard InChI is InChI=1S/C26H30O7/c1-5-24(28)31-15-14-30-23-9-7-8-20(16-23)26(3,4)19-10-12-22(13-11-19)32-17-21(27)18-33-25(29)6-2/h5-13,16,21,27H,1-2,14-15,17-18H2,3-4H3. The van der Waals surface area contributed by atoms with Gasteiger partial charge in [-0.3, -0.25) is 0 Å². The van der Waals surface area contributed by atoms with E-state index in [4.69, 9.17) is 18.9 Å². The Labute approximate surface area is 194 Å². The molecule has 0 spiro atoms. The monoisotopic (exact) mass is 454 g/mol. The van der Waals surface area contributed by atoms with Gasteiger partial charge in [0.05, 0.1) is 0 Å². The first kappa shape index (κ1) is 25.7. The van der Waals surface area contributed by atoms with Crippen molar-refractivity contribution in [3.8, 4) is 11.5 Å². The summed E-state index contributed by atoms with van der Waals surface area (Å²) in [5, 5.41) is 9.85. The quantitative estimate of drug-likeness (QED) is 0.281. The molecule has 0 aliphatic heterocycles. The number of hydrogen-bond donors (Lipinski definition) is 1. The second kappa shape index (κ2) is 12.5. The van der Waals surface area contributed by atoms with Crippen molar-refractivity contribution in [1.82, 2.24) is 0 Å². The lowest BCUT2D eigenvalue weighted by atomic mass is 9.78. The van der Waals surface area contributed by atoms with Crippen molar-refractivity contribution >= 4 is 11.9 Å². The Kier molecular flexibility index (Phi) is 9.69. The van der Waals surface area contributed by atoms with Crippen LogP contribution in [0.3, 0.4) is 0 Å². The van der Waals surface area contributed by atoms with Gasteiger partial charge in [-0.1, -0.05) is 51.3 Å². The number of aliphatic hydroxyl groups is 1. The molecule has 1 atom stereocenters. The summed E-state index contributed by atoms with van der Waals surface area (Å²) in [5.74, 6) is 0.203. The molecule has 33 heavy (non-hydrogen) atoms. The molecule has 0 fully saturated rings. The van der Waals surface area contributed by atoms with Gasteiger partial charge in [0.25, 0.3) is 0 Å². The molecule has 0 aliphatic rings. The Balaban J connectivity index is 1.95. The second-order valence-electron chi connectivity index (χ2n) is 7.70. The predicted molar refractivity (Wildman–Crippen MR) is 124 cm³/mol. The Bertz CT molecular complexity index is 947. The minimum atomic E-state index is -0.937. The highest BCUT2D eigenvalue weighted by Crippen LogP contribution is 2.34. The zero-order valence-electron chi connectivity index (χ0n) is 19.0. The fourth-order valence-electron chi connectivity index (χ4n) is 2.95. The zero-order chi connectivity index (χ0) is 24.3. The van der Waals surface area contributed by atoms with Crippen LogP contribution in [0.5, 0.6) is 11.5 Å². The molecule has 7 heteroatoms. The summed E-state index contributed by atoms with van der Waals surface area (Å²) in [4.78, 5) is 22.1. The predicted octanol–water partition coefficient (Wildman–Crippen LogP) is 3.59. The van der Waals surface area contributed by atoms with E-state index in [0.717, 1.165) is 23.3 Å². The van der Waals surface area contributed by atoms with Gasteiger partial charge in [-0.25, -0.2) is 9.59 Å². The van der Waals surface area contributed by atoms with Gasteiger partial charge < -0.3 is 24.1 Å². The molecule has 1 N–H and O–H groups in total. The van der Waals surface area contributed by atoms with E-state index in [2.05, 4.69) is 27.0 Å². The molecule has 0 aromatic heterocycles. The van der Waals surface area contributed by atoms with Gasteiger partial charge in [-0.05, 0) is 35.4 Å². The third kappa shape index (κ3) is 8.12. The number of ether oxygens (including phenoxy) is 4. The number of rotatable bonds is 13. The van der Waals surface area contributed by atoms with Gasteiger partial charge in [-0.15, -0.1) is 0 Å². The maximum Gasteiger partial charge on any atom is 0.330 e. The maximum atomic E-state index is 11.1. The number of benzene rings is 2. The third-order valence-electron chi connectivity index (χ3n) is 4.92. The summed E-state index contributed by atoms with van der Waals surface area (Å²) >= 11 is 0. The third-order valence-corrected chi connectivity index (χ3v) is 4.92. The Morgan fingerprint density at radius 1 is 0.879 bits per heavy atom. The Morgan fingerprint density at radius 2 is 1.55 bits per heavy atom. The molecule has 0 heterocycles. The summed E-state index contributed by atoms with van der Waals surface area (Å²) in [6, 6.07) is 15.3.